The zero-order chi connectivity index (χ0) is 15.2. The van der Waals surface area contributed by atoms with Crippen molar-refractivity contribution in [2.45, 2.75) is 22.8 Å². The quantitative estimate of drug-likeness (QED) is 0.127. The zero-order valence-corrected chi connectivity index (χ0v) is 15.8. The zero-order valence-electron chi connectivity index (χ0n) is 9.29. The maximum Gasteiger partial charge on any atom is 0.407 e. The predicted molar refractivity (Wildman–Crippen MR) is 81.3 cm³/mol. The first-order valence-electron chi connectivity index (χ1n) is 4.62. The Bertz CT molecular complexity index is 505. The van der Waals surface area contributed by atoms with E-state index in [-0.39, 0.29) is 20.7 Å². The molecular weight excluding hydrogens is 609 g/mol. The molecule has 10 nitrogen and oxygen atoms in total. The maximum atomic E-state index is 11.3. The highest BCUT2D eigenvalue weighted by Gasteiger charge is 2.55. The van der Waals surface area contributed by atoms with Gasteiger partial charge in [0, 0.05) is 0 Å². The molecule has 0 aromatic rings. The first-order chi connectivity index (χ1) is 8.71. The van der Waals surface area contributed by atoms with E-state index < -0.39 is 75.9 Å². The lowest BCUT2D eigenvalue weighted by Crippen LogP contribution is -2.42. The molecule has 0 unspecified atom stereocenters. The van der Waals surface area contributed by atoms with Crippen LogP contribution in [0.3, 0.4) is 0 Å². The molecule has 1 atom stereocenters. The van der Waals surface area contributed by atoms with E-state index in [1.54, 1.807) is 0 Å². The molecule has 0 bridgehead atoms. The van der Waals surface area contributed by atoms with E-state index in [9.17, 15) is 23.2 Å². The van der Waals surface area contributed by atoms with Gasteiger partial charge in [0.15, 0.2) is 0 Å². The van der Waals surface area contributed by atoms with Gasteiger partial charge in [0.05, 0.1) is 0 Å². The normalized spacial score (nSPS) is 15.2. The van der Waals surface area contributed by atoms with Crippen molar-refractivity contribution in [1.82, 2.24) is 1.33 Å². The predicted octanol–water partition coefficient (Wildman–Crippen LogP) is 1.62. The molecule has 19 heavy (non-hydrogen) atoms. The number of hydrogen-bond donors (Lipinski definition) is 2. The minimum Gasteiger partial charge on any atom is -0.479 e. The van der Waals surface area contributed by atoms with Gasteiger partial charge in [-0.25, -0.2) is 23.2 Å². The van der Waals surface area contributed by atoms with Crippen LogP contribution in [0, 0.1) is 0 Å². The molecule has 0 rings (SSSR count). The number of hydrogen-bond acceptors (Lipinski definition) is 8. The largest absolute Gasteiger partial charge is 0.479 e. The van der Waals surface area contributed by atoms with Crippen molar-refractivity contribution in [1.29, 1.82) is 0 Å². The third-order valence-electron chi connectivity index (χ3n) is 2.06. The number of carboxylic acid groups (broad SMARTS) is 1. The molecule has 0 aliphatic carbocycles. The van der Waals surface area contributed by atoms with Crippen molar-refractivity contribution in [3.63, 3.8) is 0 Å². The summed E-state index contributed by atoms with van der Waals surface area (Å²) in [7, 11) is 0. The number of alkyl halides is 1. The summed E-state index contributed by atoms with van der Waals surface area (Å²) in [6.45, 7) is 0.149. The van der Waals surface area contributed by atoms with Gasteiger partial charge >= 0.3 is 65.9 Å². The maximum absolute atomic E-state index is 11.3. The van der Waals surface area contributed by atoms with Crippen LogP contribution in [-0.2, 0) is 23.2 Å². The lowest BCUT2D eigenvalue weighted by Gasteiger charge is -2.23. The molecule has 0 amide bonds. The van der Waals surface area contributed by atoms with Crippen molar-refractivity contribution in [3.05, 3.63) is 0 Å². The monoisotopic (exact) mass is 620 g/mol. The van der Waals surface area contributed by atoms with Crippen LogP contribution in [0.15, 0.2) is 0 Å². The molecule has 0 saturated carbocycles. The summed E-state index contributed by atoms with van der Waals surface area (Å²) in [5.74, 6) is -1.98. The van der Waals surface area contributed by atoms with Gasteiger partial charge in [0.25, 0.3) is 3.55 Å². The standard InChI is InChI=1S/C6H11I3N2O8/c10-4-2-1-3-6(5(12)13,7(14)15)11(8(16)17)9(18)19/h1-4,10H2,(H,12,13)/t6-/m0/s1. The Labute approximate surface area is 129 Å². The number of rotatable bonds is 9. The Kier molecular flexibility index (Phi) is 8.79. The fraction of sp³-hybridized carbons (Fsp3) is 0.833. The number of nitrogens with two attached hydrogens (primary N) is 1. The van der Waals surface area contributed by atoms with Crippen molar-refractivity contribution in [3.8, 4) is 0 Å². The third kappa shape index (κ3) is 4.70. The third-order valence-corrected chi connectivity index (χ3v) is 13.9. The molecular formula is C6H11I3N2O8. The van der Waals surface area contributed by atoms with E-state index in [1.165, 1.54) is 0 Å². The minimum absolute atomic E-state index is 0.00820. The van der Waals surface area contributed by atoms with Crippen molar-refractivity contribution in [2.75, 3.05) is 6.54 Å². The SMILES string of the molecule is NCCCC[C@@](C(=O)O)(N(I(=O)=O)I(=O)=O)I(=O)=O. The summed E-state index contributed by atoms with van der Waals surface area (Å²) in [4.78, 5) is 11.2. The molecule has 0 fully saturated rings. The van der Waals surface area contributed by atoms with E-state index in [4.69, 9.17) is 10.8 Å². The van der Waals surface area contributed by atoms with Crippen LogP contribution in [0.5, 0.6) is 0 Å². The van der Waals surface area contributed by atoms with Gasteiger partial charge in [-0.2, -0.15) is 0 Å². The molecule has 0 spiro atoms. The number of carboxylic acids is 1. The van der Waals surface area contributed by atoms with Gasteiger partial charge in [-0.15, -0.1) is 0 Å². The lowest BCUT2D eigenvalue weighted by atomic mass is 10.1. The smallest absolute Gasteiger partial charge is 0.407 e. The fourth-order valence-corrected chi connectivity index (χ4v) is 10.7. The van der Waals surface area contributed by atoms with E-state index in [2.05, 4.69) is 0 Å². The summed E-state index contributed by atoms with van der Waals surface area (Å²) >= 11 is -14.4. The number of unbranched alkanes of at least 4 members (excludes halogenated alkanes) is 1. The molecule has 0 aliphatic rings. The van der Waals surface area contributed by atoms with Crippen LogP contribution in [0.25, 0.3) is 0 Å². The Hall–Kier alpha value is 0.380. The summed E-state index contributed by atoms with van der Waals surface area (Å²) in [6.07, 6.45) is -0.370. The molecule has 0 heterocycles. The Balaban J connectivity index is 5.90. The highest BCUT2D eigenvalue weighted by atomic mass is 127. The van der Waals surface area contributed by atoms with Gasteiger partial charge < -0.3 is 10.8 Å². The van der Waals surface area contributed by atoms with Gasteiger partial charge in [-0.1, -0.05) is 1.33 Å². The van der Waals surface area contributed by atoms with Crippen LogP contribution in [0.1, 0.15) is 19.3 Å². The second kappa shape index (κ2) is 8.62. The van der Waals surface area contributed by atoms with Crippen LogP contribution in [0.2, 0.25) is 0 Å². The van der Waals surface area contributed by atoms with Gasteiger partial charge in [0.2, 0.25) is 0 Å². The molecule has 0 radical (unpaired) electrons. The molecule has 13 heteroatoms. The average molecular weight is 620 g/mol. The minimum atomic E-state index is -4.82. The van der Waals surface area contributed by atoms with Crippen molar-refractivity contribution < 1.29 is 28.3 Å². The van der Waals surface area contributed by atoms with E-state index >= 15 is 0 Å². The second-order valence-corrected chi connectivity index (χ2v) is 12.3. The van der Waals surface area contributed by atoms with Crippen LogP contribution in [-0.4, -0.2) is 22.5 Å². The van der Waals surface area contributed by atoms with E-state index in [0.717, 1.165) is 0 Å². The molecule has 3 N–H and O–H groups in total. The fourth-order valence-electron chi connectivity index (χ4n) is 1.22. The number of carbonyl (C=O) groups is 1. The van der Waals surface area contributed by atoms with E-state index in [1.807, 2.05) is 0 Å². The molecule has 0 aliphatic heterocycles. The topological polar surface area (TPSA) is 169 Å². The molecule has 0 saturated heterocycles. The van der Waals surface area contributed by atoms with Crippen LogP contribution >= 0.6 is 59.9 Å². The number of nitrogens with zero attached hydrogens (tertiary/aromatic N) is 1. The van der Waals surface area contributed by atoms with Gasteiger partial charge in [0.1, 0.15) is 0 Å². The van der Waals surface area contributed by atoms with Gasteiger partial charge in [-0.05, 0) is 25.8 Å². The summed E-state index contributed by atoms with van der Waals surface area (Å²) in [6, 6.07) is 0. The van der Waals surface area contributed by atoms with Crippen molar-refractivity contribution >= 4 is 65.9 Å². The number of aliphatic carboxylic acids is 1. The van der Waals surface area contributed by atoms with Crippen LogP contribution in [0.4, 0.5) is 0 Å². The Morgan fingerprint density at radius 2 is 1.53 bits per heavy atom. The highest BCUT2D eigenvalue weighted by molar-refractivity contribution is 14.3. The second-order valence-electron chi connectivity index (χ2n) is 3.16. The highest BCUT2D eigenvalue weighted by Crippen LogP contribution is 2.49. The Morgan fingerprint density at radius 3 is 1.79 bits per heavy atom. The summed E-state index contributed by atoms with van der Waals surface area (Å²) in [5.41, 5.74) is 5.17. The lowest BCUT2D eigenvalue weighted by molar-refractivity contribution is -0.140. The van der Waals surface area contributed by atoms with E-state index in [0.29, 0.717) is 0 Å². The summed E-state index contributed by atoms with van der Waals surface area (Å²) < 4.78 is 63.3. The van der Waals surface area contributed by atoms with Gasteiger partial charge in [-0.3, -0.25) is 0 Å². The first kappa shape index (κ1) is 19.4. The van der Waals surface area contributed by atoms with Crippen molar-refractivity contribution in [2.24, 2.45) is 5.73 Å². The Morgan fingerprint density at radius 1 is 1.05 bits per heavy atom. The molecule has 0 aromatic heterocycles. The first-order valence-corrected chi connectivity index (χ1v) is 12.9. The molecule has 114 valence electrons. The van der Waals surface area contributed by atoms with Crippen LogP contribution < -0.4 is 5.73 Å². The summed E-state index contributed by atoms with van der Waals surface area (Å²) in [5, 5.41) is 9.02. The molecule has 0 aromatic carbocycles. The number of halogens is 3. The average Bonchev–Trinajstić information content (AvgIpc) is 2.25.